The number of hydrogen-bond donors (Lipinski definition) is 1. The molecule has 5 heteroatoms. The van der Waals surface area contributed by atoms with Crippen molar-refractivity contribution in [2.24, 2.45) is 17.6 Å². The van der Waals surface area contributed by atoms with Crippen LogP contribution in [-0.4, -0.2) is 11.0 Å². The number of halogens is 1. The summed E-state index contributed by atoms with van der Waals surface area (Å²) in [6.45, 7) is 6.05. The third-order valence-electron chi connectivity index (χ3n) is 3.21. The maximum Gasteiger partial charge on any atom is 0.304 e. The highest BCUT2D eigenvalue weighted by Gasteiger charge is 2.20. The molecule has 1 aromatic rings. The van der Waals surface area contributed by atoms with Gasteiger partial charge < -0.3 is 5.73 Å². The lowest BCUT2D eigenvalue weighted by Crippen LogP contribution is -2.32. The van der Waals surface area contributed by atoms with Crippen molar-refractivity contribution in [3.8, 4) is 0 Å². The van der Waals surface area contributed by atoms with E-state index in [-0.39, 0.29) is 12.0 Å². The fourth-order valence-corrected chi connectivity index (χ4v) is 2.13. The summed E-state index contributed by atoms with van der Waals surface area (Å²) in [5, 5.41) is 10.5. The van der Waals surface area contributed by atoms with Crippen LogP contribution in [0.3, 0.4) is 0 Å². The first-order valence-electron chi connectivity index (χ1n) is 6.01. The fraction of sp³-hybridized carbons (Fsp3) is 0.538. The standard InChI is InChI=1S/C13H19FN2O2/c1-8(2)11(9(3)15)6-10-4-5-13(16(17)18)12(14)7-10/h4-5,7-9,11H,6,15H2,1-3H3. The summed E-state index contributed by atoms with van der Waals surface area (Å²) in [5.74, 6) is -0.182. The lowest BCUT2D eigenvalue weighted by molar-refractivity contribution is -0.387. The summed E-state index contributed by atoms with van der Waals surface area (Å²) in [5.41, 5.74) is 6.16. The van der Waals surface area contributed by atoms with Gasteiger partial charge in [0.15, 0.2) is 0 Å². The molecule has 0 spiro atoms. The Morgan fingerprint density at radius 1 is 1.39 bits per heavy atom. The van der Waals surface area contributed by atoms with E-state index in [1.807, 2.05) is 6.92 Å². The SMILES string of the molecule is CC(C)C(Cc1ccc([N+](=O)[O-])c(F)c1)C(C)N. The third-order valence-corrected chi connectivity index (χ3v) is 3.21. The van der Waals surface area contributed by atoms with Crippen LogP contribution in [0.1, 0.15) is 26.3 Å². The molecule has 0 aliphatic rings. The van der Waals surface area contributed by atoms with E-state index < -0.39 is 16.4 Å². The minimum absolute atomic E-state index is 0.00301. The molecular weight excluding hydrogens is 235 g/mol. The van der Waals surface area contributed by atoms with Crippen molar-refractivity contribution < 1.29 is 9.31 Å². The Morgan fingerprint density at radius 2 is 2.00 bits per heavy atom. The Bertz CT molecular complexity index is 425. The van der Waals surface area contributed by atoms with Gasteiger partial charge in [-0.2, -0.15) is 4.39 Å². The number of nitro groups is 1. The van der Waals surface area contributed by atoms with Crippen molar-refractivity contribution >= 4 is 5.69 Å². The molecule has 0 heterocycles. The van der Waals surface area contributed by atoms with E-state index in [4.69, 9.17) is 5.73 Å². The highest BCUT2D eigenvalue weighted by atomic mass is 19.1. The largest absolute Gasteiger partial charge is 0.328 e. The van der Waals surface area contributed by atoms with E-state index >= 15 is 0 Å². The van der Waals surface area contributed by atoms with E-state index in [1.54, 1.807) is 6.07 Å². The minimum Gasteiger partial charge on any atom is -0.328 e. The minimum atomic E-state index is -0.787. The van der Waals surface area contributed by atoms with Crippen molar-refractivity contribution in [2.75, 3.05) is 0 Å². The van der Waals surface area contributed by atoms with Gasteiger partial charge in [0.1, 0.15) is 0 Å². The number of nitro benzene ring substituents is 1. The van der Waals surface area contributed by atoms with Crippen LogP contribution in [0.4, 0.5) is 10.1 Å². The summed E-state index contributed by atoms with van der Waals surface area (Å²) < 4.78 is 13.5. The van der Waals surface area contributed by atoms with Gasteiger partial charge in [-0.1, -0.05) is 19.9 Å². The number of rotatable bonds is 5. The predicted octanol–water partition coefficient (Wildman–Crippen LogP) is 2.90. The van der Waals surface area contributed by atoms with Gasteiger partial charge in [0.05, 0.1) is 4.92 Å². The van der Waals surface area contributed by atoms with Gasteiger partial charge in [0, 0.05) is 12.1 Å². The Kier molecular flexibility index (Phi) is 4.78. The molecule has 18 heavy (non-hydrogen) atoms. The molecule has 2 unspecified atom stereocenters. The van der Waals surface area contributed by atoms with E-state index in [0.29, 0.717) is 12.3 Å². The quantitative estimate of drug-likeness (QED) is 0.648. The Morgan fingerprint density at radius 3 is 2.39 bits per heavy atom. The van der Waals surface area contributed by atoms with Crippen LogP contribution >= 0.6 is 0 Å². The maximum atomic E-state index is 13.5. The van der Waals surface area contributed by atoms with Crippen molar-refractivity contribution in [2.45, 2.75) is 33.2 Å². The monoisotopic (exact) mass is 254 g/mol. The first-order valence-corrected chi connectivity index (χ1v) is 6.01. The molecule has 2 N–H and O–H groups in total. The second kappa shape index (κ2) is 5.91. The van der Waals surface area contributed by atoms with Crippen LogP contribution in [0.15, 0.2) is 18.2 Å². The van der Waals surface area contributed by atoms with Crippen LogP contribution in [0.2, 0.25) is 0 Å². The normalized spacial score (nSPS) is 14.6. The zero-order valence-corrected chi connectivity index (χ0v) is 10.9. The summed E-state index contributed by atoms with van der Waals surface area (Å²) in [7, 11) is 0. The van der Waals surface area contributed by atoms with Gasteiger partial charge in [0.25, 0.3) is 0 Å². The lowest BCUT2D eigenvalue weighted by atomic mass is 9.84. The van der Waals surface area contributed by atoms with E-state index in [1.165, 1.54) is 12.1 Å². The van der Waals surface area contributed by atoms with Crippen LogP contribution in [-0.2, 0) is 6.42 Å². The van der Waals surface area contributed by atoms with Crippen LogP contribution in [0, 0.1) is 27.8 Å². The van der Waals surface area contributed by atoms with Crippen LogP contribution < -0.4 is 5.73 Å². The number of nitrogens with two attached hydrogens (primary N) is 1. The van der Waals surface area contributed by atoms with E-state index in [0.717, 1.165) is 5.56 Å². The van der Waals surface area contributed by atoms with E-state index in [2.05, 4.69) is 13.8 Å². The smallest absolute Gasteiger partial charge is 0.304 e. The average Bonchev–Trinajstić information content (AvgIpc) is 2.24. The fourth-order valence-electron chi connectivity index (χ4n) is 2.13. The van der Waals surface area contributed by atoms with E-state index in [9.17, 15) is 14.5 Å². The van der Waals surface area contributed by atoms with Gasteiger partial charge >= 0.3 is 5.69 Å². The van der Waals surface area contributed by atoms with Gasteiger partial charge in [0.2, 0.25) is 5.82 Å². The summed E-state index contributed by atoms with van der Waals surface area (Å²) in [6.07, 6.45) is 0.629. The second-order valence-electron chi connectivity index (χ2n) is 5.01. The predicted molar refractivity (Wildman–Crippen MR) is 68.7 cm³/mol. The third kappa shape index (κ3) is 3.50. The molecule has 100 valence electrons. The first kappa shape index (κ1) is 14.6. The van der Waals surface area contributed by atoms with Gasteiger partial charge in [-0.25, -0.2) is 0 Å². The molecule has 1 aromatic carbocycles. The molecule has 0 aromatic heterocycles. The molecule has 0 saturated heterocycles. The molecule has 0 saturated carbocycles. The molecule has 0 fully saturated rings. The van der Waals surface area contributed by atoms with Crippen molar-refractivity contribution in [3.63, 3.8) is 0 Å². The molecule has 4 nitrogen and oxygen atoms in total. The lowest BCUT2D eigenvalue weighted by Gasteiger charge is -2.24. The number of benzene rings is 1. The van der Waals surface area contributed by atoms with Gasteiger partial charge in [-0.15, -0.1) is 0 Å². The number of nitrogens with zero attached hydrogens (tertiary/aromatic N) is 1. The van der Waals surface area contributed by atoms with Gasteiger partial charge in [-0.05, 0) is 36.8 Å². The Balaban J connectivity index is 2.92. The summed E-state index contributed by atoms with van der Waals surface area (Å²) >= 11 is 0. The Hall–Kier alpha value is -1.49. The highest BCUT2D eigenvalue weighted by Crippen LogP contribution is 2.23. The molecule has 0 bridgehead atoms. The summed E-state index contributed by atoms with van der Waals surface area (Å²) in [4.78, 5) is 9.80. The van der Waals surface area contributed by atoms with Crippen molar-refractivity contribution in [1.82, 2.24) is 0 Å². The Labute approximate surface area is 106 Å². The molecular formula is C13H19FN2O2. The topological polar surface area (TPSA) is 69.2 Å². The van der Waals surface area contributed by atoms with Gasteiger partial charge in [-0.3, -0.25) is 10.1 Å². The zero-order valence-electron chi connectivity index (χ0n) is 10.9. The zero-order chi connectivity index (χ0) is 13.9. The summed E-state index contributed by atoms with van der Waals surface area (Å²) in [6, 6.07) is 4.04. The molecule has 1 rings (SSSR count). The van der Waals surface area contributed by atoms with Crippen LogP contribution in [0.5, 0.6) is 0 Å². The molecule has 2 atom stereocenters. The molecule has 0 aliphatic heterocycles. The van der Waals surface area contributed by atoms with Crippen molar-refractivity contribution in [1.29, 1.82) is 0 Å². The molecule has 0 aliphatic carbocycles. The molecule has 0 radical (unpaired) electrons. The first-order chi connectivity index (χ1) is 8.32. The highest BCUT2D eigenvalue weighted by molar-refractivity contribution is 5.35. The van der Waals surface area contributed by atoms with Crippen molar-refractivity contribution in [3.05, 3.63) is 39.7 Å². The molecule has 0 amide bonds. The number of hydrogen-bond acceptors (Lipinski definition) is 3. The second-order valence-corrected chi connectivity index (χ2v) is 5.01. The van der Waals surface area contributed by atoms with Crippen LogP contribution in [0.25, 0.3) is 0 Å². The average molecular weight is 254 g/mol. The maximum absolute atomic E-state index is 13.5.